The fourth-order valence-corrected chi connectivity index (χ4v) is 4.60. The van der Waals surface area contributed by atoms with E-state index >= 15 is 0 Å². The van der Waals surface area contributed by atoms with Crippen molar-refractivity contribution in [2.75, 3.05) is 39.3 Å². The van der Waals surface area contributed by atoms with Crippen LogP contribution in [0.2, 0.25) is 0 Å². The molecule has 0 saturated carbocycles. The summed E-state index contributed by atoms with van der Waals surface area (Å²) in [7, 11) is 0. The summed E-state index contributed by atoms with van der Waals surface area (Å²) in [5.41, 5.74) is 6.11. The number of guanidine groups is 1. The monoisotopic (exact) mass is 535 g/mol. The molecule has 3 heterocycles. The van der Waals surface area contributed by atoms with E-state index < -0.39 is 0 Å². The van der Waals surface area contributed by atoms with Crippen LogP contribution in [-0.4, -0.2) is 67.2 Å². The highest BCUT2D eigenvalue weighted by Gasteiger charge is 2.24. The predicted octanol–water partition coefficient (Wildman–Crippen LogP) is 3.10. The van der Waals surface area contributed by atoms with E-state index in [-0.39, 0.29) is 36.1 Å². The van der Waals surface area contributed by atoms with Crippen molar-refractivity contribution >= 4 is 47.4 Å². The topological polar surface area (TPSA) is 83.2 Å². The number of hydrogen-bond donors (Lipinski definition) is 2. The number of carbonyl (C=O) groups is 1. The van der Waals surface area contributed by atoms with Crippen molar-refractivity contribution in [1.29, 1.82) is 0 Å². The fraction of sp³-hybridized carbons (Fsp3) is 0.700. The quantitative estimate of drug-likeness (QED) is 0.333. The number of nitrogens with zero attached hydrogens (tertiary/aromatic N) is 3. The first-order chi connectivity index (χ1) is 13.6. The third-order valence-corrected chi connectivity index (χ3v) is 6.42. The Bertz CT molecular complexity index is 627. The predicted molar refractivity (Wildman–Crippen MR) is 129 cm³/mol. The third-order valence-electron chi connectivity index (χ3n) is 5.56. The molecule has 7 nitrogen and oxygen atoms in total. The SMILES string of the molecule is CCOC(=O)N1CCC(NC(N)=NCC2CCN(Cc3cccs3)CC2)CC1.I. The number of thiophene rings is 1. The van der Waals surface area contributed by atoms with Gasteiger partial charge in [0.1, 0.15) is 0 Å². The lowest BCUT2D eigenvalue weighted by atomic mass is 9.97. The summed E-state index contributed by atoms with van der Waals surface area (Å²) in [4.78, 5) is 22.1. The maximum absolute atomic E-state index is 11.7. The number of likely N-dealkylation sites (tertiary alicyclic amines) is 2. The second kappa shape index (κ2) is 12.6. The van der Waals surface area contributed by atoms with E-state index in [9.17, 15) is 4.79 Å². The Morgan fingerprint density at radius 1 is 1.28 bits per heavy atom. The fourth-order valence-electron chi connectivity index (χ4n) is 3.85. The van der Waals surface area contributed by atoms with Crippen molar-refractivity contribution in [3.05, 3.63) is 22.4 Å². The highest BCUT2D eigenvalue weighted by atomic mass is 127. The number of piperidine rings is 2. The number of carbonyl (C=O) groups excluding carboxylic acids is 1. The van der Waals surface area contributed by atoms with E-state index in [0.717, 1.165) is 39.0 Å². The molecule has 2 aliphatic rings. The van der Waals surface area contributed by atoms with E-state index in [4.69, 9.17) is 10.5 Å². The Labute approximate surface area is 195 Å². The Hall–Kier alpha value is -1.07. The molecule has 0 bridgehead atoms. The Morgan fingerprint density at radius 3 is 2.62 bits per heavy atom. The lowest BCUT2D eigenvalue weighted by Gasteiger charge is -2.32. The van der Waals surface area contributed by atoms with Crippen LogP contribution in [0, 0.1) is 5.92 Å². The molecule has 1 aromatic rings. The van der Waals surface area contributed by atoms with E-state index in [1.807, 2.05) is 18.3 Å². The minimum absolute atomic E-state index is 0. The second-order valence-electron chi connectivity index (χ2n) is 7.63. The zero-order valence-electron chi connectivity index (χ0n) is 17.2. The third kappa shape index (κ3) is 7.93. The van der Waals surface area contributed by atoms with Crippen LogP contribution >= 0.6 is 35.3 Å². The van der Waals surface area contributed by atoms with Gasteiger partial charge in [0.2, 0.25) is 0 Å². The van der Waals surface area contributed by atoms with Crippen molar-refractivity contribution in [2.45, 2.75) is 45.2 Å². The molecule has 29 heavy (non-hydrogen) atoms. The number of nitrogens with two attached hydrogens (primary N) is 1. The van der Waals surface area contributed by atoms with Crippen molar-refractivity contribution in [1.82, 2.24) is 15.1 Å². The maximum atomic E-state index is 11.7. The summed E-state index contributed by atoms with van der Waals surface area (Å²) < 4.78 is 5.06. The normalized spacial score (nSPS) is 19.6. The molecule has 0 aliphatic carbocycles. The summed E-state index contributed by atoms with van der Waals surface area (Å²) >= 11 is 1.84. The molecule has 0 atom stereocenters. The average Bonchev–Trinajstić information content (AvgIpc) is 3.21. The lowest BCUT2D eigenvalue weighted by Crippen LogP contribution is -2.48. The van der Waals surface area contributed by atoms with Gasteiger partial charge in [-0.3, -0.25) is 9.89 Å². The standard InChI is InChI=1S/C20H33N5O2S.HI/c1-2-27-20(26)25-11-7-17(8-12-25)23-19(21)22-14-16-5-9-24(10-6-16)15-18-4-3-13-28-18;/h3-4,13,16-17H,2,5-12,14-15H2,1H3,(H3,21,22,23);1H. The minimum Gasteiger partial charge on any atom is -0.450 e. The smallest absolute Gasteiger partial charge is 0.409 e. The average molecular weight is 535 g/mol. The lowest BCUT2D eigenvalue weighted by molar-refractivity contribution is 0.0963. The molecule has 0 unspecified atom stereocenters. The summed E-state index contributed by atoms with van der Waals surface area (Å²) in [5, 5.41) is 5.47. The molecule has 0 radical (unpaired) electrons. The largest absolute Gasteiger partial charge is 0.450 e. The number of halogens is 1. The summed E-state index contributed by atoms with van der Waals surface area (Å²) in [5.74, 6) is 1.15. The minimum atomic E-state index is -0.215. The molecule has 9 heteroatoms. The molecular formula is C20H34IN5O2S. The molecule has 1 aromatic heterocycles. The molecular weight excluding hydrogens is 501 g/mol. The Morgan fingerprint density at radius 2 is 2.00 bits per heavy atom. The van der Waals surface area contributed by atoms with E-state index in [1.165, 1.54) is 17.7 Å². The van der Waals surface area contributed by atoms with Crippen molar-refractivity contribution in [3.8, 4) is 0 Å². The molecule has 0 spiro atoms. The number of nitrogens with one attached hydrogen (secondary N) is 1. The first-order valence-electron chi connectivity index (χ1n) is 10.4. The van der Waals surface area contributed by atoms with E-state index in [0.29, 0.717) is 31.6 Å². The number of amides is 1. The van der Waals surface area contributed by atoms with Crippen LogP contribution in [0.3, 0.4) is 0 Å². The van der Waals surface area contributed by atoms with E-state index in [2.05, 4.69) is 32.7 Å². The summed E-state index contributed by atoms with van der Waals surface area (Å²) in [6.45, 7) is 7.80. The van der Waals surface area contributed by atoms with Gasteiger partial charge < -0.3 is 20.7 Å². The van der Waals surface area contributed by atoms with Crippen LogP contribution in [0.25, 0.3) is 0 Å². The van der Waals surface area contributed by atoms with Crippen LogP contribution in [0.5, 0.6) is 0 Å². The van der Waals surface area contributed by atoms with Gasteiger partial charge in [-0.1, -0.05) is 6.07 Å². The van der Waals surface area contributed by atoms with Gasteiger partial charge in [0.25, 0.3) is 0 Å². The Kier molecular flexibility index (Phi) is 10.5. The van der Waals surface area contributed by atoms with Gasteiger partial charge in [-0.05, 0) is 63.1 Å². The van der Waals surface area contributed by atoms with Crippen LogP contribution in [0.1, 0.15) is 37.5 Å². The van der Waals surface area contributed by atoms with Crippen LogP contribution in [0.4, 0.5) is 4.79 Å². The Balaban J connectivity index is 0.00000300. The van der Waals surface area contributed by atoms with Gasteiger partial charge in [0.05, 0.1) is 6.61 Å². The zero-order valence-corrected chi connectivity index (χ0v) is 20.4. The highest BCUT2D eigenvalue weighted by molar-refractivity contribution is 14.0. The maximum Gasteiger partial charge on any atom is 0.409 e. The molecule has 2 aliphatic heterocycles. The first kappa shape index (κ1) is 24.2. The molecule has 2 fully saturated rings. The van der Waals surface area contributed by atoms with Crippen molar-refractivity contribution < 1.29 is 9.53 Å². The molecule has 3 rings (SSSR count). The summed E-state index contributed by atoms with van der Waals surface area (Å²) in [6.07, 6.45) is 3.89. The van der Waals surface area contributed by atoms with Gasteiger partial charge in [-0.15, -0.1) is 35.3 Å². The number of rotatable bonds is 6. The molecule has 164 valence electrons. The van der Waals surface area contributed by atoms with E-state index in [1.54, 1.807) is 4.90 Å². The highest BCUT2D eigenvalue weighted by Crippen LogP contribution is 2.21. The molecule has 3 N–H and O–H groups in total. The van der Waals surface area contributed by atoms with Crippen LogP contribution in [0.15, 0.2) is 22.5 Å². The molecule has 2 saturated heterocycles. The second-order valence-corrected chi connectivity index (χ2v) is 8.66. The molecule has 0 aromatic carbocycles. The van der Waals surface area contributed by atoms with Gasteiger partial charge in [0, 0.05) is 37.1 Å². The van der Waals surface area contributed by atoms with Crippen molar-refractivity contribution in [3.63, 3.8) is 0 Å². The van der Waals surface area contributed by atoms with Gasteiger partial charge in [-0.25, -0.2) is 4.79 Å². The zero-order chi connectivity index (χ0) is 19.8. The number of aliphatic imine (C=N–C) groups is 1. The first-order valence-corrected chi connectivity index (χ1v) is 11.2. The van der Waals surface area contributed by atoms with Gasteiger partial charge in [0.15, 0.2) is 5.96 Å². The van der Waals surface area contributed by atoms with Crippen molar-refractivity contribution in [2.24, 2.45) is 16.6 Å². The number of hydrogen-bond acceptors (Lipinski definition) is 5. The van der Waals surface area contributed by atoms with Gasteiger partial charge in [-0.2, -0.15) is 0 Å². The summed E-state index contributed by atoms with van der Waals surface area (Å²) in [6, 6.07) is 4.62. The number of ether oxygens (including phenoxy) is 1. The molecule has 1 amide bonds. The van der Waals surface area contributed by atoms with Crippen LogP contribution < -0.4 is 11.1 Å². The van der Waals surface area contributed by atoms with Gasteiger partial charge >= 0.3 is 6.09 Å². The van der Waals surface area contributed by atoms with Crippen LogP contribution in [-0.2, 0) is 11.3 Å².